The number of carbonyl (C=O) groups is 1. The maximum atomic E-state index is 12.0. The van der Waals surface area contributed by atoms with Gasteiger partial charge in [0.05, 0.1) is 12.6 Å². The van der Waals surface area contributed by atoms with Gasteiger partial charge in [-0.25, -0.2) is 0 Å². The highest BCUT2D eigenvalue weighted by Gasteiger charge is 2.31. The van der Waals surface area contributed by atoms with E-state index in [1.54, 1.807) is 0 Å². The first kappa shape index (κ1) is 16.6. The van der Waals surface area contributed by atoms with Crippen LogP contribution in [0.25, 0.3) is 0 Å². The predicted molar refractivity (Wildman–Crippen MR) is 73.4 cm³/mol. The van der Waals surface area contributed by atoms with Gasteiger partial charge in [0.1, 0.15) is 5.75 Å². The lowest BCUT2D eigenvalue weighted by Gasteiger charge is -2.29. The lowest BCUT2D eigenvalue weighted by Crippen LogP contribution is -2.42. The summed E-state index contributed by atoms with van der Waals surface area (Å²) in [5, 5.41) is 12.1. The molecule has 1 saturated heterocycles. The second kappa shape index (κ2) is 6.97. The largest absolute Gasteiger partial charge is 0.573 e. The number of halogens is 3. The van der Waals surface area contributed by atoms with Gasteiger partial charge in [-0.3, -0.25) is 9.69 Å². The standard InChI is InChI=1S/C14H17F3N2O3/c15-14(16,17)22-12-5-3-10(4-6-12)18-13(21)9-19-7-1-2-11(20)8-19/h3-6,11,20H,1-2,7-9H2,(H,18,21). The van der Waals surface area contributed by atoms with E-state index in [9.17, 15) is 23.1 Å². The van der Waals surface area contributed by atoms with E-state index in [-0.39, 0.29) is 18.2 Å². The van der Waals surface area contributed by atoms with Crippen molar-refractivity contribution in [2.45, 2.75) is 25.3 Å². The Morgan fingerprint density at radius 2 is 2.05 bits per heavy atom. The minimum Gasteiger partial charge on any atom is -0.406 e. The third-order valence-electron chi connectivity index (χ3n) is 3.22. The topological polar surface area (TPSA) is 61.8 Å². The number of nitrogens with one attached hydrogen (secondary N) is 1. The second-order valence-electron chi connectivity index (χ2n) is 5.15. The molecule has 1 heterocycles. The molecule has 0 radical (unpaired) electrons. The number of aliphatic hydroxyl groups excluding tert-OH is 1. The smallest absolute Gasteiger partial charge is 0.406 e. The minimum atomic E-state index is -4.74. The molecule has 22 heavy (non-hydrogen) atoms. The molecule has 0 bridgehead atoms. The van der Waals surface area contributed by atoms with Crippen LogP contribution in [0.4, 0.5) is 18.9 Å². The fourth-order valence-electron chi connectivity index (χ4n) is 2.32. The number of rotatable bonds is 4. The molecule has 8 heteroatoms. The molecule has 1 unspecified atom stereocenters. The number of carbonyl (C=O) groups excluding carboxylic acids is 1. The summed E-state index contributed by atoms with van der Waals surface area (Å²) in [4.78, 5) is 13.7. The van der Waals surface area contributed by atoms with E-state index in [4.69, 9.17) is 0 Å². The highest BCUT2D eigenvalue weighted by molar-refractivity contribution is 5.92. The van der Waals surface area contributed by atoms with Crippen molar-refractivity contribution in [3.8, 4) is 5.75 Å². The van der Waals surface area contributed by atoms with Crippen molar-refractivity contribution < 1.29 is 27.8 Å². The number of benzene rings is 1. The summed E-state index contributed by atoms with van der Waals surface area (Å²) < 4.78 is 39.8. The number of piperidine rings is 1. The molecule has 1 atom stereocenters. The number of hydrogen-bond acceptors (Lipinski definition) is 4. The van der Waals surface area contributed by atoms with Gasteiger partial charge in [-0.05, 0) is 43.7 Å². The highest BCUT2D eigenvalue weighted by atomic mass is 19.4. The Hall–Kier alpha value is -1.80. The lowest BCUT2D eigenvalue weighted by molar-refractivity contribution is -0.274. The number of ether oxygens (including phenoxy) is 1. The quantitative estimate of drug-likeness (QED) is 0.891. The van der Waals surface area contributed by atoms with E-state index in [0.29, 0.717) is 12.2 Å². The Balaban J connectivity index is 1.83. The third-order valence-corrected chi connectivity index (χ3v) is 3.22. The summed E-state index contributed by atoms with van der Waals surface area (Å²) in [6, 6.07) is 4.94. The summed E-state index contributed by atoms with van der Waals surface area (Å²) in [5.74, 6) is -0.622. The van der Waals surface area contributed by atoms with Crippen molar-refractivity contribution in [2.24, 2.45) is 0 Å². The second-order valence-corrected chi connectivity index (χ2v) is 5.15. The first-order chi connectivity index (χ1) is 10.3. The first-order valence-electron chi connectivity index (χ1n) is 6.88. The Morgan fingerprint density at radius 1 is 1.36 bits per heavy atom. The summed E-state index contributed by atoms with van der Waals surface area (Å²) in [5.41, 5.74) is 0.386. The van der Waals surface area contributed by atoms with E-state index < -0.39 is 12.5 Å². The number of alkyl halides is 3. The fraction of sp³-hybridized carbons (Fsp3) is 0.500. The molecule has 1 fully saturated rings. The zero-order valence-corrected chi connectivity index (χ0v) is 11.8. The van der Waals surface area contributed by atoms with E-state index >= 15 is 0 Å². The van der Waals surface area contributed by atoms with Crippen LogP contribution in [-0.4, -0.2) is 48.0 Å². The Labute approximate surface area is 125 Å². The average molecular weight is 318 g/mol. The molecule has 0 aliphatic carbocycles. The normalized spacial score (nSPS) is 19.7. The van der Waals surface area contributed by atoms with Crippen LogP contribution in [-0.2, 0) is 4.79 Å². The van der Waals surface area contributed by atoms with Crippen LogP contribution < -0.4 is 10.1 Å². The molecule has 122 valence electrons. The molecule has 1 aliphatic heterocycles. The van der Waals surface area contributed by atoms with Gasteiger partial charge >= 0.3 is 6.36 Å². The van der Waals surface area contributed by atoms with Gasteiger partial charge in [0.15, 0.2) is 0 Å². The summed E-state index contributed by atoms with van der Waals surface area (Å²) in [6.07, 6.45) is -3.59. The number of likely N-dealkylation sites (tertiary alicyclic amines) is 1. The molecule has 1 aromatic rings. The fourth-order valence-corrected chi connectivity index (χ4v) is 2.32. The molecule has 1 aromatic carbocycles. The van der Waals surface area contributed by atoms with E-state index in [1.165, 1.54) is 12.1 Å². The van der Waals surface area contributed by atoms with Gasteiger partial charge in [0.2, 0.25) is 5.91 Å². The minimum absolute atomic E-state index is 0.137. The molecule has 0 aromatic heterocycles. The van der Waals surface area contributed by atoms with Crippen molar-refractivity contribution >= 4 is 11.6 Å². The van der Waals surface area contributed by atoms with E-state index in [1.807, 2.05) is 4.90 Å². The maximum Gasteiger partial charge on any atom is 0.573 e. The van der Waals surface area contributed by atoms with Crippen molar-refractivity contribution in [1.82, 2.24) is 4.90 Å². The van der Waals surface area contributed by atoms with Gasteiger partial charge in [0.25, 0.3) is 0 Å². The Bertz CT molecular complexity index is 505. The molecule has 2 rings (SSSR count). The Morgan fingerprint density at radius 3 is 2.64 bits per heavy atom. The number of nitrogens with zero attached hydrogens (tertiary/aromatic N) is 1. The first-order valence-corrected chi connectivity index (χ1v) is 6.88. The zero-order chi connectivity index (χ0) is 16.2. The van der Waals surface area contributed by atoms with E-state index in [0.717, 1.165) is 31.5 Å². The summed E-state index contributed by atoms with van der Waals surface area (Å²) >= 11 is 0. The van der Waals surface area contributed by atoms with Crippen LogP contribution in [0.15, 0.2) is 24.3 Å². The molecule has 2 N–H and O–H groups in total. The number of aliphatic hydroxyl groups is 1. The zero-order valence-electron chi connectivity index (χ0n) is 11.8. The van der Waals surface area contributed by atoms with E-state index in [2.05, 4.69) is 10.1 Å². The molecular formula is C14H17F3N2O3. The number of hydrogen-bond donors (Lipinski definition) is 2. The number of β-amino-alcohol motifs (C(OH)–C–C–N with tert-alkyl or cyclic N) is 1. The average Bonchev–Trinajstić information content (AvgIpc) is 2.39. The van der Waals surface area contributed by atoms with Gasteiger partial charge in [-0.15, -0.1) is 13.2 Å². The van der Waals surface area contributed by atoms with Crippen LogP contribution in [0.2, 0.25) is 0 Å². The van der Waals surface area contributed by atoms with Crippen LogP contribution in [0.1, 0.15) is 12.8 Å². The summed E-state index contributed by atoms with van der Waals surface area (Å²) in [7, 11) is 0. The highest BCUT2D eigenvalue weighted by Crippen LogP contribution is 2.23. The monoisotopic (exact) mass is 318 g/mol. The Kier molecular flexibility index (Phi) is 5.25. The lowest BCUT2D eigenvalue weighted by atomic mass is 10.1. The molecule has 0 spiro atoms. The van der Waals surface area contributed by atoms with Gasteiger partial charge in [-0.1, -0.05) is 0 Å². The van der Waals surface area contributed by atoms with Crippen LogP contribution in [0, 0.1) is 0 Å². The van der Waals surface area contributed by atoms with Crippen LogP contribution >= 0.6 is 0 Å². The van der Waals surface area contributed by atoms with Crippen molar-refractivity contribution in [1.29, 1.82) is 0 Å². The molecular weight excluding hydrogens is 301 g/mol. The van der Waals surface area contributed by atoms with Gasteiger partial charge in [-0.2, -0.15) is 0 Å². The third kappa shape index (κ3) is 5.53. The molecule has 1 amide bonds. The van der Waals surface area contributed by atoms with Gasteiger partial charge < -0.3 is 15.2 Å². The molecule has 0 saturated carbocycles. The van der Waals surface area contributed by atoms with Crippen molar-refractivity contribution in [3.05, 3.63) is 24.3 Å². The SMILES string of the molecule is O=C(CN1CCCC(O)C1)Nc1ccc(OC(F)(F)F)cc1. The van der Waals surface area contributed by atoms with Crippen LogP contribution in [0.5, 0.6) is 5.75 Å². The molecule has 5 nitrogen and oxygen atoms in total. The van der Waals surface area contributed by atoms with Crippen molar-refractivity contribution in [3.63, 3.8) is 0 Å². The van der Waals surface area contributed by atoms with Crippen LogP contribution in [0.3, 0.4) is 0 Å². The predicted octanol–water partition coefficient (Wildman–Crippen LogP) is 1.98. The number of amides is 1. The van der Waals surface area contributed by atoms with Gasteiger partial charge in [0, 0.05) is 12.2 Å². The van der Waals surface area contributed by atoms with Crippen molar-refractivity contribution in [2.75, 3.05) is 25.0 Å². The molecule has 1 aliphatic rings. The summed E-state index contributed by atoms with van der Waals surface area (Å²) in [6.45, 7) is 1.33. The maximum absolute atomic E-state index is 12.0. The number of anilines is 1.